The number of hydrogen-bond acceptors (Lipinski definition) is 5. The van der Waals surface area contributed by atoms with Gasteiger partial charge in [-0.1, -0.05) is 17.7 Å². The van der Waals surface area contributed by atoms with Gasteiger partial charge in [-0.2, -0.15) is 5.26 Å². The second-order valence-electron chi connectivity index (χ2n) is 5.42. The molecule has 3 aromatic rings. The maximum Gasteiger partial charge on any atom is 0.269 e. The second kappa shape index (κ2) is 6.81. The quantitative estimate of drug-likeness (QED) is 0.395. The van der Waals surface area contributed by atoms with Crippen molar-refractivity contribution in [2.24, 2.45) is 0 Å². The van der Waals surface area contributed by atoms with Gasteiger partial charge in [-0.25, -0.2) is 4.98 Å². The van der Waals surface area contributed by atoms with Crippen molar-refractivity contribution in [2.75, 3.05) is 0 Å². The molecule has 0 N–H and O–H groups in total. The number of non-ortho nitro benzene ring substituents is 1. The molecule has 0 bridgehead atoms. The third-order valence-corrected chi connectivity index (χ3v) is 3.62. The van der Waals surface area contributed by atoms with E-state index in [0.29, 0.717) is 22.7 Å². The molecule has 0 aliphatic heterocycles. The number of hydrogen-bond donors (Lipinski definition) is 0. The minimum absolute atomic E-state index is 0.0240. The van der Waals surface area contributed by atoms with Crippen LogP contribution in [-0.2, 0) is 0 Å². The van der Waals surface area contributed by atoms with Crippen LogP contribution in [0.1, 0.15) is 16.8 Å². The van der Waals surface area contributed by atoms with Crippen LogP contribution in [0.15, 0.2) is 59.2 Å². The number of aromatic nitrogens is 1. The Labute approximate surface area is 143 Å². The Bertz CT molecular complexity index is 978. The monoisotopic (exact) mass is 331 g/mol. The molecule has 0 saturated heterocycles. The van der Waals surface area contributed by atoms with Crippen molar-refractivity contribution in [1.82, 2.24) is 4.98 Å². The van der Waals surface area contributed by atoms with Crippen molar-refractivity contribution >= 4 is 17.3 Å². The van der Waals surface area contributed by atoms with Gasteiger partial charge in [-0.05, 0) is 42.8 Å². The molecule has 0 aliphatic carbocycles. The van der Waals surface area contributed by atoms with Gasteiger partial charge in [0.2, 0.25) is 5.89 Å². The summed E-state index contributed by atoms with van der Waals surface area (Å²) in [6.07, 6.45) is 3.06. The number of oxazole rings is 1. The van der Waals surface area contributed by atoms with Gasteiger partial charge < -0.3 is 4.42 Å². The highest BCUT2D eigenvalue weighted by Crippen LogP contribution is 2.23. The molecule has 0 radical (unpaired) electrons. The lowest BCUT2D eigenvalue weighted by Gasteiger charge is -1.98. The number of rotatable bonds is 4. The lowest BCUT2D eigenvalue weighted by molar-refractivity contribution is -0.384. The number of nitro benzene ring substituents is 1. The van der Waals surface area contributed by atoms with Crippen LogP contribution in [0.3, 0.4) is 0 Å². The van der Waals surface area contributed by atoms with Crippen LogP contribution in [0.2, 0.25) is 0 Å². The Kier molecular flexibility index (Phi) is 4.40. The molecule has 122 valence electrons. The molecule has 6 heteroatoms. The Hall–Kier alpha value is -3.72. The number of nitriles is 1. The van der Waals surface area contributed by atoms with Gasteiger partial charge in [0.15, 0.2) is 0 Å². The molecule has 25 heavy (non-hydrogen) atoms. The standard InChI is InChI=1S/C19H13N3O3/c1-13-2-4-15(5-3-13)19-21-17(12-25-19)10-16(11-20)14-6-8-18(9-7-14)22(23)24/h2-10,12H,1H3/b16-10+. The summed E-state index contributed by atoms with van der Waals surface area (Å²) in [4.78, 5) is 14.6. The summed E-state index contributed by atoms with van der Waals surface area (Å²) >= 11 is 0. The zero-order valence-electron chi connectivity index (χ0n) is 13.3. The van der Waals surface area contributed by atoms with E-state index in [1.807, 2.05) is 31.2 Å². The third kappa shape index (κ3) is 3.62. The predicted molar refractivity (Wildman–Crippen MR) is 93.3 cm³/mol. The van der Waals surface area contributed by atoms with Crippen LogP contribution in [0.5, 0.6) is 0 Å². The molecular formula is C19H13N3O3. The van der Waals surface area contributed by atoms with Crippen molar-refractivity contribution in [3.8, 4) is 17.5 Å². The SMILES string of the molecule is Cc1ccc(-c2nc(/C=C(\C#N)c3ccc([N+](=O)[O-])cc3)co2)cc1. The van der Waals surface area contributed by atoms with Gasteiger partial charge in [0.05, 0.1) is 16.6 Å². The minimum atomic E-state index is -0.481. The molecule has 1 aromatic heterocycles. The zero-order chi connectivity index (χ0) is 17.8. The summed E-state index contributed by atoms with van der Waals surface area (Å²) in [5, 5.41) is 20.1. The highest BCUT2D eigenvalue weighted by atomic mass is 16.6. The van der Waals surface area contributed by atoms with Crippen molar-refractivity contribution < 1.29 is 9.34 Å². The summed E-state index contributed by atoms with van der Waals surface area (Å²) in [5.41, 5.74) is 3.39. The van der Waals surface area contributed by atoms with E-state index in [4.69, 9.17) is 4.42 Å². The van der Waals surface area contributed by atoms with E-state index < -0.39 is 4.92 Å². The molecule has 0 atom stereocenters. The van der Waals surface area contributed by atoms with Crippen LogP contribution in [0.25, 0.3) is 23.1 Å². The first kappa shape index (κ1) is 16.1. The average molecular weight is 331 g/mol. The highest BCUT2D eigenvalue weighted by Gasteiger charge is 2.09. The van der Waals surface area contributed by atoms with Crippen molar-refractivity contribution in [3.05, 3.63) is 81.7 Å². The summed E-state index contributed by atoms with van der Waals surface area (Å²) < 4.78 is 5.47. The lowest BCUT2D eigenvalue weighted by Crippen LogP contribution is -1.88. The normalized spacial score (nSPS) is 11.1. The lowest BCUT2D eigenvalue weighted by atomic mass is 10.1. The molecule has 0 fully saturated rings. The number of allylic oxidation sites excluding steroid dienone is 1. The average Bonchev–Trinajstić information content (AvgIpc) is 3.09. The first-order valence-corrected chi connectivity index (χ1v) is 7.46. The number of nitro groups is 1. The Morgan fingerprint density at radius 3 is 2.48 bits per heavy atom. The molecule has 0 amide bonds. The molecule has 3 rings (SSSR count). The van der Waals surface area contributed by atoms with Crippen LogP contribution < -0.4 is 0 Å². The van der Waals surface area contributed by atoms with Gasteiger partial charge in [0.1, 0.15) is 12.0 Å². The van der Waals surface area contributed by atoms with E-state index in [2.05, 4.69) is 11.1 Å². The molecule has 0 unspecified atom stereocenters. The first-order valence-electron chi connectivity index (χ1n) is 7.46. The van der Waals surface area contributed by atoms with Gasteiger partial charge in [-0.15, -0.1) is 0 Å². The second-order valence-corrected chi connectivity index (χ2v) is 5.42. The fraction of sp³-hybridized carbons (Fsp3) is 0.0526. The summed E-state index contributed by atoms with van der Waals surface area (Å²) in [5.74, 6) is 0.465. The van der Waals surface area contributed by atoms with Crippen molar-refractivity contribution in [3.63, 3.8) is 0 Å². The van der Waals surface area contributed by atoms with Gasteiger partial charge in [0.25, 0.3) is 5.69 Å². The fourth-order valence-corrected chi connectivity index (χ4v) is 2.27. The molecule has 0 spiro atoms. The predicted octanol–water partition coefficient (Wildman–Crippen LogP) is 4.62. The van der Waals surface area contributed by atoms with E-state index in [1.165, 1.54) is 30.5 Å². The topological polar surface area (TPSA) is 93.0 Å². The van der Waals surface area contributed by atoms with E-state index >= 15 is 0 Å². The van der Waals surface area contributed by atoms with Gasteiger partial charge in [-0.3, -0.25) is 10.1 Å². The van der Waals surface area contributed by atoms with Gasteiger partial charge in [0, 0.05) is 17.7 Å². The Morgan fingerprint density at radius 2 is 1.88 bits per heavy atom. The van der Waals surface area contributed by atoms with Gasteiger partial charge >= 0.3 is 0 Å². The molecular weight excluding hydrogens is 318 g/mol. The minimum Gasteiger partial charge on any atom is -0.444 e. The zero-order valence-corrected chi connectivity index (χ0v) is 13.3. The molecule has 2 aromatic carbocycles. The van der Waals surface area contributed by atoms with Crippen LogP contribution in [0.4, 0.5) is 5.69 Å². The summed E-state index contributed by atoms with van der Waals surface area (Å²) in [6.45, 7) is 2.00. The fourth-order valence-electron chi connectivity index (χ4n) is 2.27. The van der Waals surface area contributed by atoms with Crippen LogP contribution >= 0.6 is 0 Å². The summed E-state index contributed by atoms with van der Waals surface area (Å²) in [7, 11) is 0. The van der Waals surface area contributed by atoms with Crippen LogP contribution in [0, 0.1) is 28.4 Å². The largest absolute Gasteiger partial charge is 0.444 e. The molecule has 0 aliphatic rings. The molecule has 6 nitrogen and oxygen atoms in total. The van der Waals surface area contributed by atoms with E-state index in [9.17, 15) is 15.4 Å². The Morgan fingerprint density at radius 1 is 1.20 bits per heavy atom. The summed E-state index contributed by atoms with van der Waals surface area (Å²) in [6, 6.07) is 15.6. The van der Waals surface area contributed by atoms with E-state index in [0.717, 1.165) is 11.1 Å². The molecule has 1 heterocycles. The Balaban J connectivity index is 1.89. The number of benzene rings is 2. The highest BCUT2D eigenvalue weighted by molar-refractivity contribution is 5.89. The smallest absolute Gasteiger partial charge is 0.269 e. The third-order valence-electron chi connectivity index (χ3n) is 3.62. The number of aryl methyl sites for hydroxylation is 1. The maximum absolute atomic E-state index is 10.7. The van der Waals surface area contributed by atoms with E-state index in [-0.39, 0.29) is 5.69 Å². The van der Waals surface area contributed by atoms with E-state index in [1.54, 1.807) is 6.08 Å². The van der Waals surface area contributed by atoms with Crippen LogP contribution in [-0.4, -0.2) is 9.91 Å². The van der Waals surface area contributed by atoms with Crippen molar-refractivity contribution in [1.29, 1.82) is 5.26 Å². The maximum atomic E-state index is 10.7. The molecule has 0 saturated carbocycles. The first-order chi connectivity index (χ1) is 12.1. The van der Waals surface area contributed by atoms with Crippen molar-refractivity contribution in [2.45, 2.75) is 6.92 Å². The number of nitrogens with zero attached hydrogens (tertiary/aromatic N) is 3.